The Morgan fingerprint density at radius 3 is 2.48 bits per heavy atom. The van der Waals surface area contributed by atoms with Gasteiger partial charge in [-0.1, -0.05) is 42.0 Å². The van der Waals surface area contributed by atoms with Gasteiger partial charge in [0.2, 0.25) is 5.91 Å². The molecule has 0 aliphatic rings. The number of benzene rings is 1. The quantitative estimate of drug-likeness (QED) is 0.620. The molecule has 0 saturated carbocycles. The summed E-state index contributed by atoms with van der Waals surface area (Å²) in [5, 5.41) is 2.74. The summed E-state index contributed by atoms with van der Waals surface area (Å²) in [7, 11) is 1.33. The van der Waals surface area contributed by atoms with Gasteiger partial charge in [-0.3, -0.25) is 4.79 Å². The summed E-state index contributed by atoms with van der Waals surface area (Å²) in [6.45, 7) is 3.90. The maximum absolute atomic E-state index is 12.0. The molecule has 1 atom stereocenters. The summed E-state index contributed by atoms with van der Waals surface area (Å²) in [6, 6.07) is 9.17. The van der Waals surface area contributed by atoms with Crippen molar-refractivity contribution >= 4 is 11.9 Å². The van der Waals surface area contributed by atoms with Gasteiger partial charge in [-0.15, -0.1) is 0 Å². The molecule has 0 radical (unpaired) electrons. The highest BCUT2D eigenvalue weighted by Crippen LogP contribution is 2.04. The van der Waals surface area contributed by atoms with Crippen molar-refractivity contribution in [3.63, 3.8) is 0 Å². The van der Waals surface area contributed by atoms with Crippen LogP contribution in [0.3, 0.4) is 0 Å². The smallest absolute Gasteiger partial charge is 0.328 e. The summed E-state index contributed by atoms with van der Waals surface area (Å²) in [6.07, 6.45) is 3.38. The number of amides is 1. The second kappa shape index (κ2) is 8.95. The van der Waals surface area contributed by atoms with Crippen molar-refractivity contribution < 1.29 is 14.3 Å². The van der Waals surface area contributed by atoms with Crippen LogP contribution in [-0.4, -0.2) is 25.0 Å². The minimum absolute atomic E-state index is 0.142. The molecule has 0 unspecified atom stereocenters. The lowest BCUT2D eigenvalue weighted by Crippen LogP contribution is -2.41. The van der Waals surface area contributed by atoms with E-state index in [1.54, 1.807) is 0 Å². The molecule has 114 valence electrons. The van der Waals surface area contributed by atoms with Gasteiger partial charge < -0.3 is 10.1 Å². The van der Waals surface area contributed by atoms with Gasteiger partial charge >= 0.3 is 5.97 Å². The summed E-state index contributed by atoms with van der Waals surface area (Å²) in [5.41, 5.74) is 2.20. The normalized spacial score (nSPS) is 11.4. The molecule has 0 heterocycles. The van der Waals surface area contributed by atoms with Crippen molar-refractivity contribution in [1.82, 2.24) is 5.32 Å². The molecule has 0 aliphatic heterocycles. The van der Waals surface area contributed by atoms with E-state index in [0.29, 0.717) is 19.3 Å². The lowest BCUT2D eigenvalue weighted by atomic mass is 10.1. The number of nitrogens with one attached hydrogen (secondary N) is 1. The van der Waals surface area contributed by atoms with Crippen molar-refractivity contribution in [3.05, 3.63) is 47.5 Å². The lowest BCUT2D eigenvalue weighted by Gasteiger charge is -2.15. The molecule has 1 aromatic carbocycles. The first kappa shape index (κ1) is 17.0. The molecule has 4 heteroatoms. The summed E-state index contributed by atoms with van der Waals surface area (Å²) >= 11 is 0. The number of esters is 1. The number of aryl methyl sites for hydroxylation is 1. The highest BCUT2D eigenvalue weighted by Gasteiger charge is 2.19. The van der Waals surface area contributed by atoms with Crippen molar-refractivity contribution in [3.8, 4) is 0 Å². The molecular formula is C17H23NO3. The van der Waals surface area contributed by atoms with E-state index in [4.69, 9.17) is 4.74 Å². The van der Waals surface area contributed by atoms with Crippen LogP contribution in [0.25, 0.3) is 0 Å². The highest BCUT2D eigenvalue weighted by molar-refractivity contribution is 5.84. The van der Waals surface area contributed by atoms with Crippen molar-refractivity contribution in [2.75, 3.05) is 7.11 Å². The van der Waals surface area contributed by atoms with Gasteiger partial charge in [-0.25, -0.2) is 4.79 Å². The fraction of sp³-hybridized carbons (Fsp3) is 0.412. The molecule has 1 aromatic rings. The minimum Gasteiger partial charge on any atom is -0.467 e. The predicted molar refractivity (Wildman–Crippen MR) is 82.8 cm³/mol. The monoisotopic (exact) mass is 289 g/mol. The Balaban J connectivity index is 2.51. The second-order valence-corrected chi connectivity index (χ2v) is 5.15. The SMILES string of the molecule is COC(=O)[C@H](CC=C(C)C)NC(=O)CCc1ccccc1. The number of allylic oxidation sites excluding steroid dienone is 1. The van der Waals surface area contributed by atoms with Gasteiger partial charge in [-0.05, 0) is 32.3 Å². The molecule has 1 N–H and O–H groups in total. The van der Waals surface area contributed by atoms with E-state index in [9.17, 15) is 9.59 Å². The summed E-state index contributed by atoms with van der Waals surface area (Å²) in [5.74, 6) is -0.558. The first-order valence-corrected chi connectivity index (χ1v) is 7.07. The molecule has 21 heavy (non-hydrogen) atoms. The standard InChI is InChI=1S/C17H23NO3/c1-13(2)9-11-15(17(20)21-3)18-16(19)12-10-14-7-5-4-6-8-14/h4-9,15H,10-12H2,1-3H3,(H,18,19)/t15-/m0/s1. The average Bonchev–Trinajstić information content (AvgIpc) is 2.49. The molecule has 0 aromatic heterocycles. The Kier molecular flexibility index (Phi) is 7.23. The number of carbonyl (C=O) groups is 2. The second-order valence-electron chi connectivity index (χ2n) is 5.15. The molecule has 0 fully saturated rings. The summed E-state index contributed by atoms with van der Waals surface area (Å²) in [4.78, 5) is 23.6. The topological polar surface area (TPSA) is 55.4 Å². The van der Waals surface area contributed by atoms with Gasteiger partial charge in [0.15, 0.2) is 0 Å². The van der Waals surface area contributed by atoms with Crippen molar-refractivity contribution in [1.29, 1.82) is 0 Å². The number of rotatable bonds is 7. The lowest BCUT2D eigenvalue weighted by molar-refractivity contribution is -0.145. The Hall–Kier alpha value is -2.10. The van der Waals surface area contributed by atoms with Gasteiger partial charge in [0.05, 0.1) is 7.11 Å². The van der Waals surface area contributed by atoms with E-state index in [1.807, 2.05) is 50.3 Å². The number of hydrogen-bond acceptors (Lipinski definition) is 3. The van der Waals surface area contributed by atoms with E-state index in [-0.39, 0.29) is 5.91 Å². The maximum Gasteiger partial charge on any atom is 0.328 e. The van der Waals surface area contributed by atoms with E-state index < -0.39 is 12.0 Å². The van der Waals surface area contributed by atoms with E-state index in [2.05, 4.69) is 5.32 Å². The van der Waals surface area contributed by atoms with Crippen LogP contribution in [-0.2, 0) is 20.7 Å². The largest absolute Gasteiger partial charge is 0.467 e. The third-order valence-electron chi connectivity index (χ3n) is 3.07. The zero-order valence-corrected chi connectivity index (χ0v) is 12.9. The van der Waals surface area contributed by atoms with Crippen LogP contribution >= 0.6 is 0 Å². The maximum atomic E-state index is 12.0. The Morgan fingerprint density at radius 1 is 1.24 bits per heavy atom. The van der Waals surface area contributed by atoms with Crippen LogP contribution < -0.4 is 5.32 Å². The zero-order chi connectivity index (χ0) is 15.7. The van der Waals surface area contributed by atoms with Crippen LogP contribution in [0.4, 0.5) is 0 Å². The number of methoxy groups -OCH3 is 1. The summed E-state index contributed by atoms with van der Waals surface area (Å²) < 4.78 is 4.73. The molecule has 0 saturated heterocycles. The fourth-order valence-corrected chi connectivity index (χ4v) is 1.88. The predicted octanol–water partition coefficient (Wildman–Crippen LogP) is 2.63. The number of hydrogen-bond donors (Lipinski definition) is 1. The Bertz CT molecular complexity index is 490. The van der Waals surface area contributed by atoms with Crippen LogP contribution in [0.1, 0.15) is 32.3 Å². The van der Waals surface area contributed by atoms with E-state index >= 15 is 0 Å². The minimum atomic E-state index is -0.617. The average molecular weight is 289 g/mol. The van der Waals surface area contributed by atoms with Gasteiger partial charge in [0, 0.05) is 6.42 Å². The molecule has 0 spiro atoms. The molecule has 1 rings (SSSR count). The third-order valence-corrected chi connectivity index (χ3v) is 3.07. The van der Waals surface area contributed by atoms with Gasteiger partial charge in [-0.2, -0.15) is 0 Å². The van der Waals surface area contributed by atoms with Gasteiger partial charge in [0.25, 0.3) is 0 Å². The van der Waals surface area contributed by atoms with Crippen LogP contribution in [0.15, 0.2) is 42.0 Å². The fourth-order valence-electron chi connectivity index (χ4n) is 1.88. The van der Waals surface area contributed by atoms with Gasteiger partial charge in [0.1, 0.15) is 6.04 Å². The molecule has 0 aliphatic carbocycles. The number of ether oxygens (including phenoxy) is 1. The first-order valence-electron chi connectivity index (χ1n) is 7.07. The van der Waals surface area contributed by atoms with Crippen molar-refractivity contribution in [2.24, 2.45) is 0 Å². The number of carbonyl (C=O) groups excluding carboxylic acids is 2. The van der Waals surface area contributed by atoms with Crippen LogP contribution in [0, 0.1) is 0 Å². The zero-order valence-electron chi connectivity index (χ0n) is 12.9. The highest BCUT2D eigenvalue weighted by atomic mass is 16.5. The molecule has 0 bridgehead atoms. The van der Waals surface area contributed by atoms with Crippen LogP contribution in [0.2, 0.25) is 0 Å². The van der Waals surface area contributed by atoms with Crippen molar-refractivity contribution in [2.45, 2.75) is 39.2 Å². The van der Waals surface area contributed by atoms with E-state index in [1.165, 1.54) is 7.11 Å². The molecular weight excluding hydrogens is 266 g/mol. The Morgan fingerprint density at radius 2 is 1.90 bits per heavy atom. The first-order chi connectivity index (χ1) is 10.0. The van der Waals surface area contributed by atoms with E-state index in [0.717, 1.165) is 11.1 Å². The molecule has 4 nitrogen and oxygen atoms in total. The third kappa shape index (κ3) is 6.75. The molecule has 1 amide bonds. The Labute approximate surface area is 126 Å². The van der Waals surface area contributed by atoms with Crippen LogP contribution in [0.5, 0.6) is 0 Å².